The lowest BCUT2D eigenvalue weighted by molar-refractivity contribution is -0.144. The number of rotatable bonds is 7. The largest absolute Gasteiger partial charge is 0.504 e. The van der Waals surface area contributed by atoms with Crippen molar-refractivity contribution >= 4 is 52.5 Å². The van der Waals surface area contributed by atoms with Crippen LogP contribution in [0, 0.1) is 23.7 Å². The first-order valence-corrected chi connectivity index (χ1v) is 18.5. The highest BCUT2D eigenvalue weighted by Gasteiger charge is 2.71. The Kier molecular flexibility index (Phi) is 8.73. The van der Waals surface area contributed by atoms with Gasteiger partial charge in [0.05, 0.1) is 48.1 Å². The number of hydrogen-bond acceptors (Lipinski definition) is 8. The van der Waals surface area contributed by atoms with Gasteiger partial charge in [-0.1, -0.05) is 78.4 Å². The molecule has 0 aromatic heterocycles. The van der Waals surface area contributed by atoms with Gasteiger partial charge in [0.15, 0.2) is 11.5 Å². The highest BCUT2D eigenvalue weighted by molar-refractivity contribution is 6.36. The van der Waals surface area contributed by atoms with Gasteiger partial charge in [-0.05, 0) is 73.6 Å². The summed E-state index contributed by atoms with van der Waals surface area (Å²) in [6.45, 7) is 0. The highest BCUT2D eigenvalue weighted by Crippen LogP contribution is 2.65. The molecular weight excluding hydrogens is 705 g/mol. The average Bonchev–Trinajstić information content (AvgIpc) is 3.54. The fourth-order valence-corrected chi connectivity index (χ4v) is 10.3. The SMILES string of the molecule is COc1ccc(C23C(=O)N(Nc4ccc(Cl)cc4Cl)C(=O)C2CC2C(=CCC4C(=O)N(C5CCCCC5)C(=O)C42)C3c2cccc(OC)c2O)cc1. The van der Waals surface area contributed by atoms with E-state index in [1.54, 1.807) is 61.7 Å². The zero-order valence-electron chi connectivity index (χ0n) is 28.8. The maximum atomic E-state index is 15.4. The lowest BCUT2D eigenvalue weighted by atomic mass is 9.49. The molecule has 8 rings (SSSR count). The van der Waals surface area contributed by atoms with Crippen LogP contribution in [0.2, 0.25) is 10.0 Å². The molecular formula is C40H39Cl2N3O7. The van der Waals surface area contributed by atoms with Gasteiger partial charge in [0.25, 0.3) is 11.8 Å². The van der Waals surface area contributed by atoms with Crippen LogP contribution in [0.3, 0.4) is 0 Å². The van der Waals surface area contributed by atoms with Gasteiger partial charge >= 0.3 is 0 Å². The quantitative estimate of drug-likeness (QED) is 0.195. The first-order valence-electron chi connectivity index (χ1n) is 17.8. The summed E-state index contributed by atoms with van der Waals surface area (Å²) in [6, 6.07) is 16.7. The number of imide groups is 2. The first kappa shape index (κ1) is 34.5. The number of nitrogens with one attached hydrogen (secondary N) is 1. The van der Waals surface area contributed by atoms with Crippen LogP contribution < -0.4 is 14.9 Å². The summed E-state index contributed by atoms with van der Waals surface area (Å²) < 4.78 is 11.0. The number of methoxy groups -OCH3 is 2. The highest BCUT2D eigenvalue weighted by atomic mass is 35.5. The van der Waals surface area contributed by atoms with E-state index in [2.05, 4.69) is 5.43 Å². The van der Waals surface area contributed by atoms with E-state index in [4.69, 9.17) is 32.7 Å². The molecule has 52 heavy (non-hydrogen) atoms. The Morgan fingerprint density at radius 3 is 2.31 bits per heavy atom. The van der Waals surface area contributed by atoms with Crippen LogP contribution in [0.5, 0.6) is 17.2 Å². The predicted molar refractivity (Wildman–Crippen MR) is 194 cm³/mol. The van der Waals surface area contributed by atoms with Crippen LogP contribution in [0.1, 0.15) is 62.0 Å². The minimum atomic E-state index is -1.59. The molecule has 2 saturated heterocycles. The lowest BCUT2D eigenvalue weighted by Crippen LogP contribution is -2.53. The Hall–Kier alpha value is -4.54. The van der Waals surface area contributed by atoms with E-state index in [0.717, 1.165) is 42.7 Å². The smallest absolute Gasteiger partial charge is 0.260 e. The summed E-state index contributed by atoms with van der Waals surface area (Å²) in [5.41, 5.74) is 3.36. The van der Waals surface area contributed by atoms with E-state index >= 15 is 4.79 Å². The number of hydrogen-bond donors (Lipinski definition) is 2. The Bertz CT molecular complexity index is 2010. The number of para-hydroxylation sites is 1. The van der Waals surface area contributed by atoms with Crippen molar-refractivity contribution in [3.05, 3.63) is 93.5 Å². The molecule has 4 amide bonds. The number of ether oxygens (including phenoxy) is 2. The second-order valence-corrected chi connectivity index (χ2v) is 15.3. The number of nitrogens with zero attached hydrogens (tertiary/aromatic N) is 2. The van der Waals surface area contributed by atoms with Gasteiger partial charge in [-0.3, -0.25) is 29.5 Å². The number of aromatic hydroxyl groups is 1. The Morgan fingerprint density at radius 1 is 0.865 bits per heavy atom. The molecule has 0 spiro atoms. The number of phenolic OH excluding ortho intramolecular Hbond substituents is 1. The number of phenols is 1. The lowest BCUT2D eigenvalue weighted by Gasteiger charge is -2.50. The van der Waals surface area contributed by atoms with Gasteiger partial charge < -0.3 is 14.6 Å². The minimum Gasteiger partial charge on any atom is -0.504 e. The van der Waals surface area contributed by atoms with Crippen molar-refractivity contribution in [2.24, 2.45) is 23.7 Å². The number of allylic oxidation sites excluding steroid dienone is 2. The van der Waals surface area contributed by atoms with Gasteiger partial charge in [-0.2, -0.15) is 5.01 Å². The summed E-state index contributed by atoms with van der Waals surface area (Å²) in [5.74, 6) is -4.57. The van der Waals surface area contributed by atoms with Crippen molar-refractivity contribution in [2.45, 2.75) is 62.3 Å². The molecule has 3 aromatic rings. The van der Waals surface area contributed by atoms with Crippen LogP contribution in [0.4, 0.5) is 5.69 Å². The van der Waals surface area contributed by atoms with E-state index in [0.29, 0.717) is 34.0 Å². The van der Waals surface area contributed by atoms with Crippen molar-refractivity contribution in [2.75, 3.05) is 19.6 Å². The number of carbonyl (C=O) groups excluding carboxylic acids is 4. The van der Waals surface area contributed by atoms with E-state index in [1.165, 1.54) is 18.1 Å². The summed E-state index contributed by atoms with van der Waals surface area (Å²) in [6.07, 6.45) is 7.00. The number of likely N-dealkylation sites (tertiary alicyclic amines) is 1. The van der Waals surface area contributed by atoms with Gasteiger partial charge in [-0.25, -0.2) is 0 Å². The third-order valence-electron chi connectivity index (χ3n) is 12.1. The van der Waals surface area contributed by atoms with Crippen LogP contribution in [-0.2, 0) is 24.6 Å². The monoisotopic (exact) mass is 743 g/mol. The van der Waals surface area contributed by atoms with Crippen molar-refractivity contribution in [1.82, 2.24) is 9.91 Å². The maximum absolute atomic E-state index is 15.4. The molecule has 2 aliphatic heterocycles. The summed E-state index contributed by atoms with van der Waals surface area (Å²) in [7, 11) is 2.99. The van der Waals surface area contributed by atoms with Crippen molar-refractivity contribution in [3.8, 4) is 17.2 Å². The van der Waals surface area contributed by atoms with Crippen LogP contribution in [0.25, 0.3) is 0 Å². The standard InChI is InChI=1S/C40H39Cl2N3O7/c1-51-24-14-11-21(12-15-24)40-29(37(48)45(39(40)50)43-31-18-13-22(41)19-30(31)42)20-28-25(34(40)27-9-6-10-32(52-2)35(27)46)16-17-26-33(28)38(49)44(36(26)47)23-7-4-3-5-8-23/h6,9-16,18-19,23,26,28-29,33-34,43,46H,3-5,7-8,17,20H2,1-2H3. The number of fused-ring (bicyclic) bond motifs is 4. The van der Waals surface area contributed by atoms with Crippen LogP contribution >= 0.6 is 23.2 Å². The van der Waals surface area contributed by atoms with E-state index in [9.17, 15) is 19.5 Å². The minimum absolute atomic E-state index is 0.134. The van der Waals surface area contributed by atoms with Crippen LogP contribution in [-0.4, -0.2) is 58.9 Å². The zero-order chi connectivity index (χ0) is 36.5. The Morgan fingerprint density at radius 2 is 1.62 bits per heavy atom. The molecule has 2 heterocycles. The van der Waals surface area contributed by atoms with Gasteiger partial charge in [-0.15, -0.1) is 0 Å². The average molecular weight is 745 g/mol. The van der Waals surface area contributed by atoms with Crippen molar-refractivity contribution in [3.63, 3.8) is 0 Å². The fourth-order valence-electron chi connectivity index (χ4n) is 9.85. The summed E-state index contributed by atoms with van der Waals surface area (Å²) >= 11 is 12.7. The molecule has 2 saturated carbocycles. The van der Waals surface area contributed by atoms with Gasteiger partial charge in [0.1, 0.15) is 5.75 Å². The Labute approximate surface area is 311 Å². The predicted octanol–water partition coefficient (Wildman–Crippen LogP) is 7.03. The first-order chi connectivity index (χ1) is 25.1. The number of carbonyl (C=O) groups is 4. The number of benzene rings is 3. The molecule has 12 heteroatoms. The number of anilines is 1. The molecule has 6 unspecified atom stereocenters. The Balaban J connectivity index is 1.34. The van der Waals surface area contributed by atoms with E-state index < -0.39 is 46.8 Å². The summed E-state index contributed by atoms with van der Waals surface area (Å²) in [5, 5.41) is 13.5. The normalized spacial score (nSPS) is 28.7. The molecule has 2 N–H and O–H groups in total. The second kappa shape index (κ2) is 13.1. The molecule has 5 aliphatic rings. The molecule has 6 atom stereocenters. The molecule has 0 bridgehead atoms. The zero-order valence-corrected chi connectivity index (χ0v) is 30.3. The molecule has 270 valence electrons. The third-order valence-corrected chi connectivity index (χ3v) is 12.7. The van der Waals surface area contributed by atoms with Gasteiger partial charge in [0, 0.05) is 22.5 Å². The van der Waals surface area contributed by atoms with Crippen molar-refractivity contribution < 1.29 is 33.8 Å². The fraction of sp³-hybridized carbons (Fsp3) is 0.400. The number of amides is 4. The van der Waals surface area contributed by atoms with E-state index in [-0.39, 0.29) is 40.8 Å². The topological polar surface area (TPSA) is 125 Å². The molecule has 10 nitrogen and oxygen atoms in total. The molecule has 4 fully saturated rings. The number of halogens is 2. The molecule has 3 aliphatic carbocycles. The van der Waals surface area contributed by atoms with Gasteiger partial charge in [0.2, 0.25) is 11.8 Å². The second-order valence-electron chi connectivity index (χ2n) is 14.4. The third kappa shape index (κ3) is 5.05. The molecule has 3 aromatic carbocycles. The summed E-state index contributed by atoms with van der Waals surface area (Å²) in [4.78, 5) is 60.5. The van der Waals surface area contributed by atoms with Crippen LogP contribution in [0.15, 0.2) is 72.3 Å². The number of hydrazine groups is 1. The van der Waals surface area contributed by atoms with E-state index in [1.807, 2.05) is 6.08 Å². The maximum Gasteiger partial charge on any atom is 0.260 e. The van der Waals surface area contributed by atoms with Crippen molar-refractivity contribution in [1.29, 1.82) is 0 Å². The molecule has 0 radical (unpaired) electrons.